The van der Waals surface area contributed by atoms with Crippen LogP contribution in [-0.2, 0) is 0 Å². The SMILES string of the molecule is CCCC1(CNC(CC)c2cccc(Br)c2)CC1. The molecule has 1 atom stereocenters. The molecule has 18 heavy (non-hydrogen) atoms. The lowest BCUT2D eigenvalue weighted by atomic mass is 9.98. The first kappa shape index (κ1) is 14.1. The van der Waals surface area contributed by atoms with E-state index in [-0.39, 0.29) is 0 Å². The minimum atomic E-state index is 0.497. The molecule has 0 spiro atoms. The third kappa shape index (κ3) is 3.58. The molecule has 2 heteroatoms. The molecule has 0 amide bonds. The van der Waals surface area contributed by atoms with E-state index in [1.165, 1.54) is 42.3 Å². The van der Waals surface area contributed by atoms with Gasteiger partial charge in [0.2, 0.25) is 0 Å². The van der Waals surface area contributed by atoms with E-state index in [4.69, 9.17) is 0 Å². The quantitative estimate of drug-likeness (QED) is 0.741. The molecule has 0 bridgehead atoms. The zero-order valence-corrected chi connectivity index (χ0v) is 13.1. The number of benzene rings is 1. The molecule has 0 aromatic heterocycles. The van der Waals surface area contributed by atoms with Crippen LogP contribution in [0, 0.1) is 5.41 Å². The summed E-state index contributed by atoms with van der Waals surface area (Å²) in [5, 5.41) is 3.78. The van der Waals surface area contributed by atoms with E-state index in [0.717, 1.165) is 6.42 Å². The van der Waals surface area contributed by atoms with E-state index in [2.05, 4.69) is 59.4 Å². The fraction of sp³-hybridized carbons (Fsp3) is 0.625. The second-order valence-corrected chi connectivity index (χ2v) is 6.56. The third-order valence-electron chi connectivity index (χ3n) is 4.12. The molecule has 2 rings (SSSR count). The molecule has 1 unspecified atom stereocenters. The highest BCUT2D eigenvalue weighted by Gasteiger charge is 2.41. The van der Waals surface area contributed by atoms with Gasteiger partial charge >= 0.3 is 0 Å². The van der Waals surface area contributed by atoms with Gasteiger partial charge in [-0.1, -0.05) is 48.3 Å². The van der Waals surface area contributed by atoms with Crippen LogP contribution < -0.4 is 5.32 Å². The molecule has 1 aromatic rings. The van der Waals surface area contributed by atoms with Crippen LogP contribution in [-0.4, -0.2) is 6.54 Å². The van der Waals surface area contributed by atoms with Crippen molar-refractivity contribution in [1.29, 1.82) is 0 Å². The summed E-state index contributed by atoms with van der Waals surface area (Å²) in [5.74, 6) is 0. The Morgan fingerprint density at radius 3 is 2.67 bits per heavy atom. The van der Waals surface area contributed by atoms with E-state index in [9.17, 15) is 0 Å². The molecule has 0 radical (unpaired) electrons. The van der Waals surface area contributed by atoms with Crippen LogP contribution in [0.1, 0.15) is 57.6 Å². The molecule has 1 nitrogen and oxygen atoms in total. The maximum absolute atomic E-state index is 3.78. The minimum absolute atomic E-state index is 0.497. The fourth-order valence-corrected chi connectivity index (χ4v) is 3.20. The van der Waals surface area contributed by atoms with Crippen molar-refractivity contribution < 1.29 is 0 Å². The van der Waals surface area contributed by atoms with Gasteiger partial charge in [-0.05, 0) is 48.8 Å². The molecular formula is C16H24BrN. The molecule has 0 heterocycles. The lowest BCUT2D eigenvalue weighted by Gasteiger charge is -2.22. The summed E-state index contributed by atoms with van der Waals surface area (Å²) in [7, 11) is 0. The van der Waals surface area contributed by atoms with Gasteiger partial charge in [0.1, 0.15) is 0 Å². The maximum Gasteiger partial charge on any atom is 0.0318 e. The summed E-state index contributed by atoms with van der Waals surface area (Å²) in [5.41, 5.74) is 2.04. The largest absolute Gasteiger partial charge is 0.309 e. The summed E-state index contributed by atoms with van der Waals surface area (Å²) in [6, 6.07) is 9.18. The van der Waals surface area contributed by atoms with Crippen molar-refractivity contribution in [3.8, 4) is 0 Å². The first-order valence-electron chi connectivity index (χ1n) is 7.18. The van der Waals surface area contributed by atoms with Gasteiger partial charge in [0, 0.05) is 17.1 Å². The highest BCUT2D eigenvalue weighted by molar-refractivity contribution is 9.10. The molecule has 100 valence electrons. The van der Waals surface area contributed by atoms with Crippen molar-refractivity contribution in [2.24, 2.45) is 5.41 Å². The number of nitrogens with one attached hydrogen (secondary N) is 1. The number of rotatable bonds is 7. The molecule has 1 N–H and O–H groups in total. The monoisotopic (exact) mass is 309 g/mol. The van der Waals surface area contributed by atoms with Crippen LogP contribution in [0.25, 0.3) is 0 Å². The number of hydrogen-bond acceptors (Lipinski definition) is 1. The first-order valence-corrected chi connectivity index (χ1v) is 7.97. The Morgan fingerprint density at radius 1 is 1.33 bits per heavy atom. The molecule has 1 saturated carbocycles. The van der Waals surface area contributed by atoms with Gasteiger partial charge in [-0.3, -0.25) is 0 Å². The van der Waals surface area contributed by atoms with E-state index >= 15 is 0 Å². The van der Waals surface area contributed by atoms with E-state index < -0.39 is 0 Å². The Kier molecular flexibility index (Phi) is 4.85. The summed E-state index contributed by atoms with van der Waals surface area (Å²) in [6.07, 6.45) is 6.69. The van der Waals surface area contributed by atoms with Crippen molar-refractivity contribution in [2.45, 2.75) is 52.0 Å². The molecular weight excluding hydrogens is 286 g/mol. The fourth-order valence-electron chi connectivity index (χ4n) is 2.78. The predicted octanol–water partition coefficient (Wildman–Crippen LogP) is 5.07. The van der Waals surface area contributed by atoms with Crippen LogP contribution in [0.15, 0.2) is 28.7 Å². The van der Waals surface area contributed by atoms with Crippen molar-refractivity contribution in [1.82, 2.24) is 5.32 Å². The van der Waals surface area contributed by atoms with E-state index in [0.29, 0.717) is 11.5 Å². The molecule has 1 aromatic carbocycles. The molecule has 1 fully saturated rings. The van der Waals surface area contributed by atoms with Crippen LogP contribution in [0.2, 0.25) is 0 Å². The zero-order valence-electron chi connectivity index (χ0n) is 11.5. The van der Waals surface area contributed by atoms with Gasteiger partial charge in [0.25, 0.3) is 0 Å². The smallest absolute Gasteiger partial charge is 0.0318 e. The van der Waals surface area contributed by atoms with Crippen molar-refractivity contribution in [3.63, 3.8) is 0 Å². The lowest BCUT2D eigenvalue weighted by molar-refractivity contribution is 0.384. The second kappa shape index (κ2) is 6.21. The molecule has 1 aliphatic carbocycles. The predicted molar refractivity (Wildman–Crippen MR) is 81.8 cm³/mol. The summed E-state index contributed by atoms with van der Waals surface area (Å²) >= 11 is 3.56. The average Bonchev–Trinajstić information content (AvgIpc) is 3.11. The van der Waals surface area contributed by atoms with Gasteiger partial charge in [-0.25, -0.2) is 0 Å². The zero-order chi connectivity index (χ0) is 13.0. The van der Waals surface area contributed by atoms with Gasteiger partial charge in [-0.15, -0.1) is 0 Å². The topological polar surface area (TPSA) is 12.0 Å². The molecule has 0 saturated heterocycles. The standard InChI is InChI=1S/C16H24BrN/c1-3-8-16(9-10-16)12-18-15(4-2)13-6-5-7-14(17)11-13/h5-7,11,15,18H,3-4,8-10,12H2,1-2H3. The third-order valence-corrected chi connectivity index (χ3v) is 4.61. The number of halogens is 1. The Labute approximate surface area is 119 Å². The van der Waals surface area contributed by atoms with Crippen LogP contribution in [0.3, 0.4) is 0 Å². The Balaban J connectivity index is 1.93. The van der Waals surface area contributed by atoms with Gasteiger partial charge in [0.05, 0.1) is 0 Å². The summed E-state index contributed by atoms with van der Waals surface area (Å²) in [6.45, 7) is 5.75. The van der Waals surface area contributed by atoms with Crippen LogP contribution >= 0.6 is 15.9 Å². The highest BCUT2D eigenvalue weighted by Crippen LogP contribution is 2.49. The van der Waals surface area contributed by atoms with Crippen molar-refractivity contribution in [2.75, 3.05) is 6.54 Å². The average molecular weight is 310 g/mol. The van der Waals surface area contributed by atoms with Gasteiger partial charge < -0.3 is 5.32 Å². The lowest BCUT2D eigenvalue weighted by Crippen LogP contribution is -2.28. The van der Waals surface area contributed by atoms with Crippen LogP contribution in [0.5, 0.6) is 0 Å². The van der Waals surface area contributed by atoms with E-state index in [1.807, 2.05) is 0 Å². The number of hydrogen-bond donors (Lipinski definition) is 1. The highest BCUT2D eigenvalue weighted by atomic mass is 79.9. The van der Waals surface area contributed by atoms with Gasteiger partial charge in [0.15, 0.2) is 0 Å². The van der Waals surface area contributed by atoms with Crippen LogP contribution in [0.4, 0.5) is 0 Å². The second-order valence-electron chi connectivity index (χ2n) is 5.65. The normalized spacial score (nSPS) is 18.6. The van der Waals surface area contributed by atoms with E-state index in [1.54, 1.807) is 0 Å². The Bertz CT molecular complexity index is 384. The Morgan fingerprint density at radius 2 is 2.11 bits per heavy atom. The summed E-state index contributed by atoms with van der Waals surface area (Å²) < 4.78 is 1.18. The maximum atomic E-state index is 3.78. The first-order chi connectivity index (χ1) is 8.69. The Hall–Kier alpha value is -0.340. The molecule has 0 aliphatic heterocycles. The summed E-state index contributed by atoms with van der Waals surface area (Å²) in [4.78, 5) is 0. The van der Waals surface area contributed by atoms with Crippen molar-refractivity contribution >= 4 is 15.9 Å². The van der Waals surface area contributed by atoms with Gasteiger partial charge in [-0.2, -0.15) is 0 Å². The van der Waals surface area contributed by atoms with Crippen molar-refractivity contribution in [3.05, 3.63) is 34.3 Å². The molecule has 1 aliphatic rings. The minimum Gasteiger partial charge on any atom is -0.309 e.